The predicted molar refractivity (Wildman–Crippen MR) is 77.2 cm³/mol. The van der Waals surface area contributed by atoms with E-state index in [1.54, 1.807) is 12.4 Å². The van der Waals surface area contributed by atoms with E-state index in [-0.39, 0.29) is 0 Å². The normalized spacial score (nSPS) is 11.1. The minimum absolute atomic E-state index is 0.343. The first-order valence-corrected chi connectivity index (χ1v) is 6.40. The minimum atomic E-state index is 0.343. The Labute approximate surface area is 112 Å². The monoisotopic (exact) mass is 252 g/mol. The molecule has 0 saturated carbocycles. The Bertz CT molecular complexity index is 686. The van der Waals surface area contributed by atoms with Crippen LogP contribution in [0.15, 0.2) is 48.9 Å². The molecule has 0 aliphatic carbocycles. The molecule has 0 atom stereocenters. The third-order valence-electron chi connectivity index (χ3n) is 2.90. The van der Waals surface area contributed by atoms with Gasteiger partial charge in [0.05, 0.1) is 6.20 Å². The molecule has 0 saturated heterocycles. The van der Waals surface area contributed by atoms with Crippen LogP contribution in [0.1, 0.15) is 13.8 Å². The van der Waals surface area contributed by atoms with Gasteiger partial charge in [-0.25, -0.2) is 4.98 Å². The van der Waals surface area contributed by atoms with Gasteiger partial charge in [0.2, 0.25) is 0 Å². The maximum Gasteiger partial charge on any atom is 0.157 e. The van der Waals surface area contributed by atoms with E-state index in [0.717, 1.165) is 22.7 Å². The zero-order valence-electron chi connectivity index (χ0n) is 11.0. The van der Waals surface area contributed by atoms with Crippen LogP contribution >= 0.6 is 0 Å². The highest BCUT2D eigenvalue weighted by molar-refractivity contribution is 5.76. The Morgan fingerprint density at radius 1 is 1.16 bits per heavy atom. The lowest BCUT2D eigenvalue weighted by Gasteiger charge is -2.11. The number of rotatable bonds is 3. The summed E-state index contributed by atoms with van der Waals surface area (Å²) in [6.45, 7) is 4.24. The topological polar surface area (TPSA) is 42.2 Å². The molecule has 3 aromatic rings. The number of nitrogens with one attached hydrogen (secondary N) is 1. The molecule has 0 aliphatic heterocycles. The van der Waals surface area contributed by atoms with Crippen molar-refractivity contribution >= 4 is 11.5 Å². The van der Waals surface area contributed by atoms with Crippen molar-refractivity contribution in [2.45, 2.75) is 19.9 Å². The number of imidazole rings is 1. The van der Waals surface area contributed by atoms with E-state index < -0.39 is 0 Å². The van der Waals surface area contributed by atoms with Gasteiger partial charge >= 0.3 is 0 Å². The average Bonchev–Trinajstić information content (AvgIpc) is 2.78. The fourth-order valence-corrected chi connectivity index (χ4v) is 2.12. The number of hydrogen-bond donors (Lipinski definition) is 1. The third kappa shape index (κ3) is 2.17. The Hall–Kier alpha value is -2.36. The van der Waals surface area contributed by atoms with Gasteiger partial charge in [-0.15, -0.1) is 0 Å². The summed E-state index contributed by atoms with van der Waals surface area (Å²) in [6, 6.07) is 10.5. The molecule has 0 amide bonds. The van der Waals surface area contributed by atoms with Crippen molar-refractivity contribution in [1.82, 2.24) is 14.4 Å². The zero-order chi connectivity index (χ0) is 13.2. The average molecular weight is 252 g/mol. The summed E-state index contributed by atoms with van der Waals surface area (Å²) in [5, 5.41) is 3.47. The van der Waals surface area contributed by atoms with E-state index >= 15 is 0 Å². The van der Waals surface area contributed by atoms with Crippen molar-refractivity contribution in [2.24, 2.45) is 0 Å². The number of aromatic nitrogens is 3. The first-order chi connectivity index (χ1) is 9.25. The molecule has 2 aromatic heterocycles. The van der Waals surface area contributed by atoms with E-state index in [1.807, 2.05) is 28.8 Å². The van der Waals surface area contributed by atoms with Gasteiger partial charge in [0.15, 0.2) is 5.65 Å². The third-order valence-corrected chi connectivity index (χ3v) is 2.90. The van der Waals surface area contributed by atoms with Gasteiger partial charge in [0.25, 0.3) is 0 Å². The summed E-state index contributed by atoms with van der Waals surface area (Å²) in [5.74, 6) is 1.01. The molecule has 0 fully saturated rings. The molecule has 0 spiro atoms. The van der Waals surface area contributed by atoms with Gasteiger partial charge in [-0.1, -0.05) is 30.3 Å². The smallest absolute Gasteiger partial charge is 0.157 e. The van der Waals surface area contributed by atoms with Crippen LogP contribution in [0, 0.1) is 0 Å². The van der Waals surface area contributed by atoms with Crippen molar-refractivity contribution in [1.29, 1.82) is 0 Å². The van der Waals surface area contributed by atoms with Crippen LogP contribution < -0.4 is 5.32 Å². The Balaban J connectivity index is 2.23. The van der Waals surface area contributed by atoms with Crippen molar-refractivity contribution in [3.8, 4) is 11.3 Å². The van der Waals surface area contributed by atoms with Gasteiger partial charge in [-0.3, -0.25) is 9.38 Å². The molecule has 0 bridgehead atoms. The lowest BCUT2D eigenvalue weighted by molar-refractivity contribution is 0.884. The zero-order valence-corrected chi connectivity index (χ0v) is 11.0. The largest absolute Gasteiger partial charge is 0.367 e. The standard InChI is InChI=1S/C15H16N4/c1-11(2)17-15-14(12-6-4-3-5-7-12)18-13-10-16-8-9-19(13)15/h3-11,17H,1-2H3. The molecule has 0 radical (unpaired) electrons. The van der Waals surface area contributed by atoms with Crippen LogP contribution in [-0.4, -0.2) is 20.4 Å². The van der Waals surface area contributed by atoms with E-state index in [2.05, 4.69) is 41.3 Å². The Kier molecular flexibility index (Phi) is 2.91. The molecule has 19 heavy (non-hydrogen) atoms. The summed E-state index contributed by atoms with van der Waals surface area (Å²) in [4.78, 5) is 8.80. The second-order valence-electron chi connectivity index (χ2n) is 4.78. The first kappa shape index (κ1) is 11.7. The minimum Gasteiger partial charge on any atom is -0.367 e. The predicted octanol–water partition coefficient (Wildman–Crippen LogP) is 3.22. The van der Waals surface area contributed by atoms with E-state index in [4.69, 9.17) is 0 Å². The highest BCUT2D eigenvalue weighted by atomic mass is 15.1. The van der Waals surface area contributed by atoms with Gasteiger partial charge in [-0.2, -0.15) is 0 Å². The lowest BCUT2D eigenvalue weighted by atomic mass is 10.1. The Morgan fingerprint density at radius 2 is 1.95 bits per heavy atom. The van der Waals surface area contributed by atoms with Crippen LogP contribution in [0.4, 0.5) is 5.82 Å². The van der Waals surface area contributed by atoms with Crippen LogP contribution in [0.5, 0.6) is 0 Å². The van der Waals surface area contributed by atoms with E-state index in [9.17, 15) is 0 Å². The molecule has 0 aliphatic rings. The summed E-state index contributed by atoms with van der Waals surface area (Å²) in [7, 11) is 0. The highest BCUT2D eigenvalue weighted by Crippen LogP contribution is 2.28. The van der Waals surface area contributed by atoms with Crippen LogP contribution in [-0.2, 0) is 0 Å². The van der Waals surface area contributed by atoms with Gasteiger partial charge in [0.1, 0.15) is 11.5 Å². The number of fused-ring (bicyclic) bond motifs is 1. The maximum atomic E-state index is 4.67. The number of nitrogens with zero attached hydrogens (tertiary/aromatic N) is 3. The number of benzene rings is 1. The molecule has 2 heterocycles. The molecule has 0 unspecified atom stereocenters. The summed E-state index contributed by atoms with van der Waals surface area (Å²) in [5.41, 5.74) is 2.92. The fourth-order valence-electron chi connectivity index (χ4n) is 2.12. The quantitative estimate of drug-likeness (QED) is 0.778. The van der Waals surface area contributed by atoms with Crippen molar-refractivity contribution in [2.75, 3.05) is 5.32 Å². The summed E-state index contributed by atoms with van der Waals surface area (Å²) in [6.07, 6.45) is 5.48. The number of anilines is 1. The Morgan fingerprint density at radius 3 is 2.68 bits per heavy atom. The van der Waals surface area contributed by atoms with Crippen LogP contribution in [0.25, 0.3) is 16.9 Å². The number of hydrogen-bond acceptors (Lipinski definition) is 3. The van der Waals surface area contributed by atoms with E-state index in [1.165, 1.54) is 0 Å². The van der Waals surface area contributed by atoms with Gasteiger partial charge in [0, 0.05) is 24.0 Å². The van der Waals surface area contributed by atoms with Gasteiger partial charge in [-0.05, 0) is 13.8 Å². The van der Waals surface area contributed by atoms with Crippen LogP contribution in [0.2, 0.25) is 0 Å². The first-order valence-electron chi connectivity index (χ1n) is 6.40. The van der Waals surface area contributed by atoms with Crippen molar-refractivity contribution in [3.05, 3.63) is 48.9 Å². The molecule has 1 N–H and O–H groups in total. The second kappa shape index (κ2) is 4.72. The fraction of sp³-hybridized carbons (Fsp3) is 0.200. The summed E-state index contributed by atoms with van der Waals surface area (Å²) >= 11 is 0. The highest BCUT2D eigenvalue weighted by Gasteiger charge is 2.14. The molecular formula is C15H16N4. The van der Waals surface area contributed by atoms with Crippen molar-refractivity contribution < 1.29 is 0 Å². The molecule has 1 aromatic carbocycles. The summed E-state index contributed by atoms with van der Waals surface area (Å²) < 4.78 is 2.04. The molecular weight excluding hydrogens is 236 g/mol. The van der Waals surface area contributed by atoms with Crippen molar-refractivity contribution in [3.63, 3.8) is 0 Å². The lowest BCUT2D eigenvalue weighted by Crippen LogP contribution is -2.12. The maximum absolute atomic E-state index is 4.67. The van der Waals surface area contributed by atoms with E-state index in [0.29, 0.717) is 6.04 Å². The van der Waals surface area contributed by atoms with Gasteiger partial charge < -0.3 is 5.32 Å². The molecule has 3 rings (SSSR count). The SMILES string of the molecule is CC(C)Nc1c(-c2ccccc2)nc2cnccn12. The van der Waals surface area contributed by atoms with Crippen LogP contribution in [0.3, 0.4) is 0 Å². The molecule has 4 nitrogen and oxygen atoms in total. The second-order valence-corrected chi connectivity index (χ2v) is 4.78. The molecule has 96 valence electrons. The molecule has 4 heteroatoms.